The maximum absolute atomic E-state index is 3.71. The fourth-order valence-corrected chi connectivity index (χ4v) is 4.18. The van der Waals surface area contributed by atoms with E-state index >= 15 is 0 Å². The third-order valence-electron chi connectivity index (χ3n) is 3.83. The molecule has 90 valence electrons. The molecular weight excluding hydrogens is 270 g/mol. The lowest BCUT2D eigenvalue weighted by atomic mass is 9.84. The molecule has 0 aromatic carbocycles. The van der Waals surface area contributed by atoms with Crippen molar-refractivity contribution in [2.45, 2.75) is 39.7 Å². The quantitative estimate of drug-likeness (QED) is 0.712. The number of rotatable bonds is 5. The Labute approximate surface area is 107 Å². The maximum atomic E-state index is 3.71. The Morgan fingerprint density at radius 3 is 2.53 bits per heavy atom. The number of hydrogen-bond donors (Lipinski definition) is 0. The largest absolute Gasteiger partial charge is 0.298 e. The molecule has 0 aliphatic carbocycles. The molecule has 1 atom stereocenters. The molecule has 0 spiro atoms. The molecular formula is C12H24BrNS. The molecule has 1 unspecified atom stereocenters. The number of thioether (sulfide) groups is 1. The van der Waals surface area contributed by atoms with E-state index in [0.29, 0.717) is 5.41 Å². The first-order valence-corrected chi connectivity index (χ1v) is 8.33. The van der Waals surface area contributed by atoms with Crippen LogP contribution >= 0.6 is 27.7 Å². The van der Waals surface area contributed by atoms with Gasteiger partial charge in [-0.25, -0.2) is 0 Å². The van der Waals surface area contributed by atoms with Gasteiger partial charge in [0.05, 0.1) is 0 Å². The Bertz CT molecular complexity index is 174. The molecule has 0 aromatic rings. The summed E-state index contributed by atoms with van der Waals surface area (Å²) in [5.74, 6) is 2.63. The van der Waals surface area contributed by atoms with Gasteiger partial charge in [-0.2, -0.15) is 11.8 Å². The van der Waals surface area contributed by atoms with E-state index in [1.807, 2.05) is 0 Å². The summed E-state index contributed by atoms with van der Waals surface area (Å²) in [6, 6.07) is 0.764. The molecule has 1 aliphatic heterocycles. The van der Waals surface area contributed by atoms with Gasteiger partial charge in [0.1, 0.15) is 0 Å². The van der Waals surface area contributed by atoms with Gasteiger partial charge < -0.3 is 0 Å². The van der Waals surface area contributed by atoms with Crippen molar-refractivity contribution in [2.24, 2.45) is 5.41 Å². The van der Waals surface area contributed by atoms with Crippen LogP contribution in [0.5, 0.6) is 0 Å². The first kappa shape index (κ1) is 13.9. The molecule has 1 aliphatic rings. The average Bonchev–Trinajstić information content (AvgIpc) is 2.29. The molecule has 0 aromatic heterocycles. The monoisotopic (exact) mass is 293 g/mol. The van der Waals surface area contributed by atoms with E-state index in [4.69, 9.17) is 0 Å². The second-order valence-electron chi connectivity index (χ2n) is 4.74. The highest BCUT2D eigenvalue weighted by atomic mass is 79.9. The normalized spacial score (nSPS) is 24.4. The Morgan fingerprint density at radius 2 is 2.07 bits per heavy atom. The van der Waals surface area contributed by atoms with Gasteiger partial charge in [0.15, 0.2) is 0 Å². The van der Waals surface area contributed by atoms with Crippen LogP contribution in [-0.2, 0) is 0 Å². The predicted octanol–water partition coefficient (Wildman–Crippen LogP) is 3.63. The van der Waals surface area contributed by atoms with E-state index in [-0.39, 0.29) is 0 Å². The maximum Gasteiger partial charge on any atom is 0.0158 e. The van der Waals surface area contributed by atoms with E-state index in [1.54, 1.807) is 0 Å². The lowest BCUT2D eigenvalue weighted by molar-refractivity contribution is 0.135. The average molecular weight is 294 g/mol. The zero-order valence-corrected chi connectivity index (χ0v) is 12.7. The van der Waals surface area contributed by atoms with Crippen LogP contribution in [0.25, 0.3) is 0 Å². The van der Waals surface area contributed by atoms with Gasteiger partial charge in [-0.15, -0.1) is 0 Å². The fraction of sp³-hybridized carbons (Fsp3) is 1.00. The van der Waals surface area contributed by atoms with Crippen molar-refractivity contribution < 1.29 is 0 Å². The van der Waals surface area contributed by atoms with Gasteiger partial charge in [-0.3, -0.25) is 4.90 Å². The lowest BCUT2D eigenvalue weighted by Gasteiger charge is -2.41. The molecule has 0 saturated carbocycles. The molecule has 1 heterocycles. The van der Waals surface area contributed by atoms with Gasteiger partial charge in [0.25, 0.3) is 0 Å². The van der Waals surface area contributed by atoms with Crippen LogP contribution in [-0.4, -0.2) is 40.9 Å². The van der Waals surface area contributed by atoms with E-state index in [0.717, 1.165) is 11.4 Å². The van der Waals surface area contributed by atoms with E-state index < -0.39 is 0 Å². The number of halogens is 1. The van der Waals surface area contributed by atoms with Crippen LogP contribution in [0.2, 0.25) is 0 Å². The summed E-state index contributed by atoms with van der Waals surface area (Å²) in [7, 11) is 0. The molecule has 15 heavy (non-hydrogen) atoms. The van der Waals surface area contributed by atoms with Crippen molar-refractivity contribution in [3.8, 4) is 0 Å². The summed E-state index contributed by atoms with van der Waals surface area (Å²) in [5.41, 5.74) is 0.496. The molecule has 0 amide bonds. The molecule has 3 heteroatoms. The van der Waals surface area contributed by atoms with Crippen LogP contribution in [0, 0.1) is 5.41 Å². The molecule has 0 radical (unpaired) electrons. The fourth-order valence-electron chi connectivity index (χ4n) is 2.13. The summed E-state index contributed by atoms with van der Waals surface area (Å²) >= 11 is 5.81. The second-order valence-corrected chi connectivity index (χ2v) is 6.45. The highest BCUT2D eigenvalue weighted by molar-refractivity contribution is 9.09. The summed E-state index contributed by atoms with van der Waals surface area (Å²) in [6.45, 7) is 9.58. The van der Waals surface area contributed by atoms with Crippen molar-refractivity contribution in [1.82, 2.24) is 4.90 Å². The van der Waals surface area contributed by atoms with Crippen molar-refractivity contribution >= 4 is 27.7 Å². The smallest absolute Gasteiger partial charge is 0.0158 e. The molecule has 1 rings (SSSR count). The Morgan fingerprint density at radius 1 is 1.40 bits per heavy atom. The summed E-state index contributed by atoms with van der Waals surface area (Å²) < 4.78 is 0. The molecule has 0 N–H and O–H groups in total. The molecule has 1 fully saturated rings. The zero-order valence-electron chi connectivity index (χ0n) is 10.3. The predicted molar refractivity (Wildman–Crippen MR) is 75.2 cm³/mol. The number of hydrogen-bond acceptors (Lipinski definition) is 2. The first-order valence-electron chi connectivity index (χ1n) is 6.05. The third kappa shape index (κ3) is 3.64. The standard InChI is InChI=1S/C12H24BrNS/c1-4-12(5-2,9-13)10-14-6-7-15-8-11(14)3/h11H,4-10H2,1-3H3. The highest BCUT2D eigenvalue weighted by Crippen LogP contribution is 2.31. The van der Waals surface area contributed by atoms with Crippen LogP contribution in [0.4, 0.5) is 0 Å². The van der Waals surface area contributed by atoms with Crippen molar-refractivity contribution in [3.05, 3.63) is 0 Å². The number of alkyl halides is 1. The Hall–Kier alpha value is 0.790. The van der Waals surface area contributed by atoms with Gasteiger partial charge in [0, 0.05) is 36.0 Å². The van der Waals surface area contributed by atoms with Gasteiger partial charge >= 0.3 is 0 Å². The Balaban J connectivity index is 2.56. The molecule has 0 bridgehead atoms. The van der Waals surface area contributed by atoms with Crippen LogP contribution in [0.3, 0.4) is 0 Å². The molecule has 1 nitrogen and oxygen atoms in total. The topological polar surface area (TPSA) is 3.24 Å². The van der Waals surface area contributed by atoms with Gasteiger partial charge in [-0.05, 0) is 25.2 Å². The number of nitrogens with zero attached hydrogens (tertiary/aromatic N) is 1. The van der Waals surface area contributed by atoms with Gasteiger partial charge in [-0.1, -0.05) is 29.8 Å². The SMILES string of the molecule is CCC(CC)(CBr)CN1CCSCC1C. The summed E-state index contributed by atoms with van der Waals surface area (Å²) in [4.78, 5) is 2.69. The second kappa shape index (κ2) is 6.51. The minimum atomic E-state index is 0.496. The van der Waals surface area contributed by atoms with E-state index in [1.165, 1.54) is 37.4 Å². The van der Waals surface area contributed by atoms with Crippen molar-refractivity contribution in [2.75, 3.05) is 29.9 Å². The van der Waals surface area contributed by atoms with Crippen molar-refractivity contribution in [3.63, 3.8) is 0 Å². The van der Waals surface area contributed by atoms with Crippen LogP contribution in [0.1, 0.15) is 33.6 Å². The Kier molecular flexibility index (Phi) is 6.01. The van der Waals surface area contributed by atoms with Crippen molar-refractivity contribution in [1.29, 1.82) is 0 Å². The van der Waals surface area contributed by atoms with Crippen LogP contribution < -0.4 is 0 Å². The zero-order chi connectivity index (χ0) is 11.3. The first-order chi connectivity index (χ1) is 7.17. The third-order valence-corrected chi connectivity index (χ3v) is 6.21. The summed E-state index contributed by atoms with van der Waals surface area (Å²) in [5, 5.41) is 1.14. The minimum Gasteiger partial charge on any atom is -0.298 e. The minimum absolute atomic E-state index is 0.496. The van der Waals surface area contributed by atoms with Crippen LogP contribution in [0.15, 0.2) is 0 Å². The molecule has 1 saturated heterocycles. The van der Waals surface area contributed by atoms with Gasteiger partial charge in [0.2, 0.25) is 0 Å². The van der Waals surface area contributed by atoms with E-state index in [9.17, 15) is 0 Å². The lowest BCUT2D eigenvalue weighted by Crippen LogP contribution is -2.47. The highest BCUT2D eigenvalue weighted by Gasteiger charge is 2.30. The summed E-state index contributed by atoms with van der Waals surface area (Å²) in [6.07, 6.45) is 2.57. The van der Waals surface area contributed by atoms with E-state index in [2.05, 4.69) is 53.4 Å².